The Morgan fingerprint density at radius 3 is 2.45 bits per heavy atom. The fourth-order valence-corrected chi connectivity index (χ4v) is 3.60. The van der Waals surface area contributed by atoms with Crippen molar-refractivity contribution in [1.29, 1.82) is 5.26 Å². The number of nitrogens with zero attached hydrogens (tertiary/aromatic N) is 3. The van der Waals surface area contributed by atoms with Gasteiger partial charge in [-0.05, 0) is 62.2 Å². The largest absolute Gasteiger partial charge is 0.357 e. The van der Waals surface area contributed by atoms with E-state index in [0.717, 1.165) is 12.1 Å². The lowest BCUT2D eigenvalue weighted by Gasteiger charge is -2.26. The van der Waals surface area contributed by atoms with Gasteiger partial charge in [-0.3, -0.25) is 4.90 Å². The van der Waals surface area contributed by atoms with E-state index < -0.39 is 0 Å². The molecule has 3 rings (SSSR count). The van der Waals surface area contributed by atoms with Crippen molar-refractivity contribution in [3.8, 4) is 6.07 Å². The minimum absolute atomic E-state index is 0. The molecule has 0 unspecified atom stereocenters. The van der Waals surface area contributed by atoms with Crippen molar-refractivity contribution in [2.24, 2.45) is 4.99 Å². The van der Waals surface area contributed by atoms with Crippen molar-refractivity contribution in [1.82, 2.24) is 15.5 Å². The Bertz CT molecular complexity index is 886. The van der Waals surface area contributed by atoms with E-state index in [-0.39, 0.29) is 36.3 Å². The van der Waals surface area contributed by atoms with Gasteiger partial charge >= 0.3 is 0 Å². The summed E-state index contributed by atoms with van der Waals surface area (Å²) < 4.78 is 14.0. The van der Waals surface area contributed by atoms with Gasteiger partial charge in [0.15, 0.2) is 5.96 Å². The normalized spacial score (nSPS) is 14.4. The maximum Gasteiger partial charge on any atom is 0.191 e. The number of hydrogen-bond acceptors (Lipinski definition) is 3. The number of halogens is 2. The van der Waals surface area contributed by atoms with E-state index >= 15 is 0 Å². The van der Waals surface area contributed by atoms with Crippen LogP contribution >= 0.6 is 24.0 Å². The summed E-state index contributed by atoms with van der Waals surface area (Å²) in [7, 11) is 0. The van der Waals surface area contributed by atoms with Gasteiger partial charge in [0, 0.05) is 25.2 Å². The second kappa shape index (κ2) is 13.3. The monoisotopic (exact) mass is 535 g/mol. The van der Waals surface area contributed by atoms with Crippen molar-refractivity contribution < 1.29 is 4.39 Å². The Morgan fingerprint density at radius 2 is 1.77 bits per heavy atom. The minimum atomic E-state index is -0.332. The zero-order chi connectivity index (χ0) is 21.2. The van der Waals surface area contributed by atoms with Gasteiger partial charge < -0.3 is 10.6 Å². The molecule has 0 amide bonds. The second-order valence-corrected chi connectivity index (χ2v) is 7.62. The van der Waals surface area contributed by atoms with E-state index in [0.29, 0.717) is 30.2 Å². The zero-order valence-electron chi connectivity index (χ0n) is 18.0. The second-order valence-electron chi connectivity index (χ2n) is 7.62. The minimum Gasteiger partial charge on any atom is -0.357 e. The average Bonchev–Trinajstić information content (AvgIpc) is 2.78. The molecule has 0 radical (unpaired) electrons. The van der Waals surface area contributed by atoms with E-state index in [1.54, 1.807) is 6.07 Å². The van der Waals surface area contributed by atoms with Crippen LogP contribution in [-0.2, 0) is 19.6 Å². The number of rotatable bonds is 7. The smallest absolute Gasteiger partial charge is 0.191 e. The maximum absolute atomic E-state index is 14.0. The Kier molecular flexibility index (Phi) is 10.7. The summed E-state index contributed by atoms with van der Waals surface area (Å²) >= 11 is 0. The molecule has 7 heteroatoms. The molecular weight excluding hydrogens is 504 g/mol. The van der Waals surface area contributed by atoms with E-state index in [4.69, 9.17) is 5.26 Å². The topological polar surface area (TPSA) is 63.5 Å². The van der Waals surface area contributed by atoms with Crippen LogP contribution in [0.25, 0.3) is 0 Å². The molecule has 31 heavy (non-hydrogen) atoms. The predicted octanol–water partition coefficient (Wildman–Crippen LogP) is 4.56. The molecular formula is C24H31FIN5. The van der Waals surface area contributed by atoms with E-state index in [2.05, 4.69) is 44.8 Å². The highest BCUT2D eigenvalue weighted by Gasteiger charge is 2.10. The van der Waals surface area contributed by atoms with Crippen LogP contribution < -0.4 is 10.6 Å². The fourth-order valence-electron chi connectivity index (χ4n) is 3.60. The summed E-state index contributed by atoms with van der Waals surface area (Å²) in [6.07, 6.45) is 3.96. The summed E-state index contributed by atoms with van der Waals surface area (Å²) in [6, 6.07) is 15.0. The number of benzene rings is 2. The SMILES string of the molecule is CCNC(=NCc1ccc(CN2CCCCC2)cc1)NCc1cc(C#N)ccc1F.I. The first kappa shape index (κ1) is 25.1. The molecule has 2 aromatic carbocycles. The zero-order valence-corrected chi connectivity index (χ0v) is 20.4. The van der Waals surface area contributed by atoms with Crippen LogP contribution in [0.1, 0.15) is 48.4 Å². The van der Waals surface area contributed by atoms with Crippen LogP contribution in [-0.4, -0.2) is 30.5 Å². The molecule has 0 saturated carbocycles. The van der Waals surface area contributed by atoms with Crippen LogP contribution in [0.4, 0.5) is 4.39 Å². The van der Waals surface area contributed by atoms with Gasteiger partial charge in [-0.1, -0.05) is 30.7 Å². The molecule has 166 valence electrons. The maximum atomic E-state index is 14.0. The lowest BCUT2D eigenvalue weighted by molar-refractivity contribution is 0.221. The summed E-state index contributed by atoms with van der Waals surface area (Å²) in [5.41, 5.74) is 3.36. The molecule has 1 heterocycles. The predicted molar refractivity (Wildman–Crippen MR) is 134 cm³/mol. The summed E-state index contributed by atoms with van der Waals surface area (Å²) in [5, 5.41) is 15.3. The molecule has 5 nitrogen and oxygen atoms in total. The number of hydrogen-bond donors (Lipinski definition) is 2. The molecule has 1 aliphatic rings. The lowest BCUT2D eigenvalue weighted by atomic mass is 10.1. The Labute approximate surface area is 201 Å². The van der Waals surface area contributed by atoms with Crippen molar-refractivity contribution >= 4 is 29.9 Å². The van der Waals surface area contributed by atoms with Crippen molar-refractivity contribution in [2.75, 3.05) is 19.6 Å². The molecule has 2 aromatic rings. The first-order valence-corrected chi connectivity index (χ1v) is 10.7. The standard InChI is InChI=1S/C24H30FN5.HI/c1-2-27-24(29-17-22-14-21(15-26)10-11-23(22)25)28-16-19-6-8-20(9-7-19)18-30-12-4-3-5-13-30;/h6-11,14H,2-5,12-13,16-18H2,1H3,(H2,27,28,29);1H. The molecule has 1 aliphatic heterocycles. The quantitative estimate of drug-likeness (QED) is 0.310. The highest BCUT2D eigenvalue weighted by molar-refractivity contribution is 14.0. The molecule has 1 fully saturated rings. The number of nitriles is 1. The lowest BCUT2D eigenvalue weighted by Crippen LogP contribution is -2.37. The van der Waals surface area contributed by atoms with Crippen LogP contribution in [0.5, 0.6) is 0 Å². The number of aliphatic imine (C=N–C) groups is 1. The Morgan fingerprint density at radius 1 is 1.06 bits per heavy atom. The highest BCUT2D eigenvalue weighted by Crippen LogP contribution is 2.14. The molecule has 1 saturated heterocycles. The summed E-state index contributed by atoms with van der Waals surface area (Å²) in [4.78, 5) is 7.13. The average molecular weight is 535 g/mol. The van der Waals surface area contributed by atoms with Crippen LogP contribution in [0, 0.1) is 17.1 Å². The van der Waals surface area contributed by atoms with E-state index in [1.807, 2.05) is 13.0 Å². The molecule has 0 atom stereocenters. The number of nitrogens with one attached hydrogen (secondary N) is 2. The summed E-state index contributed by atoms with van der Waals surface area (Å²) in [5.74, 6) is 0.290. The fraction of sp³-hybridized carbons (Fsp3) is 0.417. The molecule has 0 aliphatic carbocycles. The summed E-state index contributed by atoms with van der Waals surface area (Å²) in [6.45, 7) is 6.91. The van der Waals surface area contributed by atoms with Gasteiger partial charge in [-0.25, -0.2) is 9.38 Å². The van der Waals surface area contributed by atoms with Crippen LogP contribution in [0.15, 0.2) is 47.5 Å². The highest BCUT2D eigenvalue weighted by atomic mass is 127. The van der Waals surface area contributed by atoms with Gasteiger partial charge in [-0.15, -0.1) is 24.0 Å². The van der Waals surface area contributed by atoms with Crippen molar-refractivity contribution in [3.63, 3.8) is 0 Å². The van der Waals surface area contributed by atoms with Gasteiger partial charge in [0.1, 0.15) is 5.82 Å². The number of piperidine rings is 1. The first-order valence-electron chi connectivity index (χ1n) is 10.7. The van der Waals surface area contributed by atoms with Crippen molar-refractivity contribution in [3.05, 3.63) is 70.5 Å². The molecule has 0 bridgehead atoms. The van der Waals surface area contributed by atoms with E-state index in [9.17, 15) is 4.39 Å². The van der Waals surface area contributed by atoms with Gasteiger partial charge in [-0.2, -0.15) is 5.26 Å². The number of likely N-dealkylation sites (tertiary alicyclic amines) is 1. The van der Waals surface area contributed by atoms with Crippen LogP contribution in [0.3, 0.4) is 0 Å². The molecule has 2 N–H and O–H groups in total. The first-order chi connectivity index (χ1) is 14.7. The third kappa shape index (κ3) is 8.11. The van der Waals surface area contributed by atoms with Crippen LogP contribution in [0.2, 0.25) is 0 Å². The number of guanidine groups is 1. The third-order valence-corrected chi connectivity index (χ3v) is 5.26. The molecule has 0 spiro atoms. The van der Waals surface area contributed by atoms with Gasteiger partial charge in [0.2, 0.25) is 0 Å². The Hall–Kier alpha value is -2.18. The van der Waals surface area contributed by atoms with Crippen molar-refractivity contribution in [2.45, 2.75) is 45.8 Å². The van der Waals surface area contributed by atoms with E-state index in [1.165, 1.54) is 50.0 Å². The molecule has 0 aromatic heterocycles. The third-order valence-electron chi connectivity index (χ3n) is 5.26. The van der Waals surface area contributed by atoms with Gasteiger partial charge in [0.25, 0.3) is 0 Å². The Balaban J connectivity index is 0.00000341. The van der Waals surface area contributed by atoms with Gasteiger partial charge in [0.05, 0.1) is 18.2 Å².